The molecule has 0 saturated carbocycles. The van der Waals surface area contributed by atoms with Gasteiger partial charge < -0.3 is 20.9 Å². The zero-order chi connectivity index (χ0) is 27.7. The van der Waals surface area contributed by atoms with Gasteiger partial charge in [0.2, 0.25) is 0 Å². The maximum atomic E-state index is 13.6. The molecule has 0 bridgehead atoms. The lowest BCUT2D eigenvalue weighted by molar-refractivity contribution is 0.0951. The Morgan fingerprint density at radius 1 is 1.02 bits per heavy atom. The van der Waals surface area contributed by atoms with E-state index in [4.69, 9.17) is 4.98 Å². The average molecular weight is 536 g/mol. The number of nitrogens with one attached hydrogen (secondary N) is 3. The first-order valence-corrected chi connectivity index (χ1v) is 13.3. The summed E-state index contributed by atoms with van der Waals surface area (Å²) in [5.74, 6) is 0.749. The Labute approximate surface area is 232 Å². The molecule has 1 aliphatic rings. The number of hydrogen-bond acceptors (Lipinski definition) is 7. The van der Waals surface area contributed by atoms with Crippen LogP contribution in [-0.2, 0) is 13.0 Å². The summed E-state index contributed by atoms with van der Waals surface area (Å²) in [7, 11) is 0. The van der Waals surface area contributed by atoms with Gasteiger partial charge in [0.25, 0.3) is 5.91 Å². The largest absolute Gasteiger partial charge is 0.369 e. The predicted molar refractivity (Wildman–Crippen MR) is 153 cm³/mol. The van der Waals surface area contributed by atoms with Crippen LogP contribution in [0.5, 0.6) is 0 Å². The Bertz CT molecular complexity index is 1510. The number of pyridine rings is 2. The molecule has 0 radical (unpaired) electrons. The maximum absolute atomic E-state index is 13.6. The molecule has 0 unspecified atom stereocenters. The maximum Gasteiger partial charge on any atom is 0.255 e. The summed E-state index contributed by atoms with van der Waals surface area (Å²) < 4.78 is 13.6. The third-order valence-electron chi connectivity index (χ3n) is 6.76. The van der Waals surface area contributed by atoms with Crippen LogP contribution in [0, 0.1) is 17.1 Å². The lowest BCUT2D eigenvalue weighted by Crippen LogP contribution is -2.43. The van der Waals surface area contributed by atoms with E-state index in [-0.39, 0.29) is 11.7 Å². The summed E-state index contributed by atoms with van der Waals surface area (Å²) in [6.07, 6.45) is 2.33. The van der Waals surface area contributed by atoms with E-state index in [1.54, 1.807) is 36.5 Å². The monoisotopic (exact) mass is 535 g/mol. The molecule has 40 heavy (non-hydrogen) atoms. The molecule has 2 aromatic carbocycles. The highest BCUT2D eigenvalue weighted by molar-refractivity contribution is 5.99. The molecule has 0 aliphatic carbocycles. The summed E-state index contributed by atoms with van der Waals surface area (Å²) in [6, 6.07) is 23.2. The fraction of sp³-hybridized carbons (Fsp3) is 0.226. The number of halogens is 1. The Morgan fingerprint density at radius 3 is 2.65 bits per heavy atom. The van der Waals surface area contributed by atoms with Crippen molar-refractivity contribution < 1.29 is 9.18 Å². The minimum atomic E-state index is -0.291. The molecule has 3 heterocycles. The third-order valence-corrected chi connectivity index (χ3v) is 6.76. The van der Waals surface area contributed by atoms with E-state index >= 15 is 0 Å². The molecule has 9 heteroatoms. The minimum absolute atomic E-state index is 0.285. The van der Waals surface area contributed by atoms with Crippen molar-refractivity contribution in [3.05, 3.63) is 107 Å². The van der Waals surface area contributed by atoms with Crippen molar-refractivity contribution in [3.63, 3.8) is 0 Å². The van der Waals surface area contributed by atoms with E-state index in [2.05, 4.69) is 31.9 Å². The van der Waals surface area contributed by atoms with Crippen LogP contribution in [0.4, 0.5) is 16.0 Å². The lowest BCUT2D eigenvalue weighted by atomic mass is 10.0. The second kappa shape index (κ2) is 12.8. The average Bonchev–Trinajstić information content (AvgIpc) is 3.00. The molecular weight excluding hydrogens is 505 g/mol. The summed E-state index contributed by atoms with van der Waals surface area (Å²) in [5, 5.41) is 19.1. The number of carbonyl (C=O) groups is 1. The smallest absolute Gasteiger partial charge is 0.255 e. The highest BCUT2D eigenvalue weighted by atomic mass is 19.1. The molecule has 4 aromatic rings. The van der Waals surface area contributed by atoms with E-state index < -0.39 is 0 Å². The SMILES string of the molecule is N#Cc1ccccc1-c1ccc(C(=O)NCc2ccc(N3CCNCC3)nc2)c(NCCc2cccc(F)c2)n1. The van der Waals surface area contributed by atoms with Gasteiger partial charge in [0.15, 0.2) is 0 Å². The number of carbonyl (C=O) groups excluding carboxylic acids is 1. The molecule has 1 amide bonds. The van der Waals surface area contributed by atoms with Gasteiger partial charge >= 0.3 is 0 Å². The zero-order valence-corrected chi connectivity index (χ0v) is 22.0. The highest BCUT2D eigenvalue weighted by Gasteiger charge is 2.16. The second-order valence-electron chi connectivity index (χ2n) is 9.50. The number of aromatic nitrogens is 2. The fourth-order valence-corrected chi connectivity index (χ4v) is 4.63. The van der Waals surface area contributed by atoms with Gasteiger partial charge in [-0.1, -0.05) is 36.4 Å². The number of hydrogen-bond donors (Lipinski definition) is 3. The van der Waals surface area contributed by atoms with Crippen LogP contribution in [0.15, 0.2) is 79.0 Å². The van der Waals surface area contributed by atoms with Crippen molar-refractivity contribution in [2.45, 2.75) is 13.0 Å². The van der Waals surface area contributed by atoms with E-state index in [0.717, 1.165) is 43.1 Å². The minimum Gasteiger partial charge on any atom is -0.369 e. The first-order valence-electron chi connectivity index (χ1n) is 13.3. The summed E-state index contributed by atoms with van der Waals surface area (Å²) in [5.41, 5.74) is 3.86. The number of nitriles is 1. The van der Waals surface area contributed by atoms with Crippen molar-refractivity contribution in [3.8, 4) is 17.3 Å². The molecule has 5 rings (SSSR count). The molecule has 1 aliphatic heterocycles. The van der Waals surface area contributed by atoms with Gasteiger partial charge in [0.1, 0.15) is 17.5 Å². The van der Waals surface area contributed by atoms with Crippen LogP contribution in [0.3, 0.4) is 0 Å². The Kier molecular flexibility index (Phi) is 8.59. The van der Waals surface area contributed by atoms with E-state index in [1.807, 2.05) is 30.3 Å². The van der Waals surface area contributed by atoms with Gasteiger partial charge in [-0.3, -0.25) is 4.79 Å². The van der Waals surface area contributed by atoms with Gasteiger partial charge in [-0.2, -0.15) is 5.26 Å². The van der Waals surface area contributed by atoms with Crippen LogP contribution < -0.4 is 20.9 Å². The number of rotatable bonds is 9. The van der Waals surface area contributed by atoms with Gasteiger partial charge in [-0.15, -0.1) is 0 Å². The van der Waals surface area contributed by atoms with Crippen molar-refractivity contribution in [2.24, 2.45) is 0 Å². The third kappa shape index (κ3) is 6.60. The molecule has 1 saturated heterocycles. The molecular formula is C31H30FN7O. The van der Waals surface area contributed by atoms with Crippen molar-refractivity contribution >= 4 is 17.5 Å². The van der Waals surface area contributed by atoms with E-state index in [0.29, 0.717) is 47.7 Å². The number of amides is 1. The summed E-state index contributed by atoms with van der Waals surface area (Å²) in [6.45, 7) is 4.47. The van der Waals surface area contributed by atoms with Gasteiger partial charge in [-0.05, 0) is 53.9 Å². The summed E-state index contributed by atoms with van der Waals surface area (Å²) >= 11 is 0. The lowest BCUT2D eigenvalue weighted by Gasteiger charge is -2.28. The molecule has 0 spiro atoms. The van der Waals surface area contributed by atoms with Gasteiger partial charge in [0.05, 0.1) is 22.9 Å². The molecule has 3 N–H and O–H groups in total. The van der Waals surface area contributed by atoms with E-state index in [1.165, 1.54) is 12.1 Å². The Balaban J connectivity index is 1.32. The van der Waals surface area contributed by atoms with Crippen LogP contribution in [0.25, 0.3) is 11.3 Å². The van der Waals surface area contributed by atoms with Crippen LogP contribution >= 0.6 is 0 Å². The molecule has 8 nitrogen and oxygen atoms in total. The standard InChI is InChI=1S/C31H30FN7O/c32-25-6-3-4-22(18-25)12-13-35-30-27(9-10-28(38-30)26-7-2-1-5-24(26)19-33)31(40)37-21-23-8-11-29(36-20-23)39-16-14-34-15-17-39/h1-11,18,20,34H,12-17,21H2,(H,35,38)(H,37,40). The van der Waals surface area contributed by atoms with Crippen LogP contribution in [0.2, 0.25) is 0 Å². The van der Waals surface area contributed by atoms with Crippen LogP contribution in [-0.4, -0.2) is 48.6 Å². The Morgan fingerprint density at radius 2 is 1.88 bits per heavy atom. The first kappa shape index (κ1) is 26.8. The number of nitrogens with zero attached hydrogens (tertiary/aromatic N) is 4. The molecule has 0 atom stereocenters. The highest BCUT2D eigenvalue weighted by Crippen LogP contribution is 2.25. The second-order valence-corrected chi connectivity index (χ2v) is 9.50. The molecule has 202 valence electrons. The molecule has 1 fully saturated rings. The molecule has 2 aromatic heterocycles. The number of anilines is 2. The normalized spacial score (nSPS) is 12.9. The quantitative estimate of drug-likeness (QED) is 0.296. The van der Waals surface area contributed by atoms with E-state index in [9.17, 15) is 14.4 Å². The van der Waals surface area contributed by atoms with Crippen molar-refractivity contribution in [1.82, 2.24) is 20.6 Å². The van der Waals surface area contributed by atoms with Crippen molar-refractivity contribution in [2.75, 3.05) is 42.9 Å². The van der Waals surface area contributed by atoms with Gasteiger partial charge in [-0.25, -0.2) is 14.4 Å². The van der Waals surface area contributed by atoms with Crippen LogP contribution in [0.1, 0.15) is 27.0 Å². The number of piperazine rings is 1. The van der Waals surface area contributed by atoms with Crippen molar-refractivity contribution in [1.29, 1.82) is 5.26 Å². The first-order chi connectivity index (χ1) is 19.6. The fourth-order valence-electron chi connectivity index (χ4n) is 4.63. The zero-order valence-electron chi connectivity index (χ0n) is 22.0. The number of benzene rings is 2. The Hall–Kier alpha value is -4.81. The predicted octanol–water partition coefficient (Wildman–Crippen LogP) is 4.15. The summed E-state index contributed by atoms with van der Waals surface area (Å²) in [4.78, 5) is 24.8. The topological polar surface area (TPSA) is 106 Å². The van der Waals surface area contributed by atoms with Gasteiger partial charge in [0, 0.05) is 51.0 Å².